The van der Waals surface area contributed by atoms with E-state index in [1.807, 2.05) is 0 Å². The first-order valence-electron chi connectivity index (χ1n) is 3.59. The van der Waals surface area contributed by atoms with Crippen LogP contribution < -0.4 is 17.2 Å². The summed E-state index contributed by atoms with van der Waals surface area (Å²) in [7, 11) is 0. The molecule has 0 amide bonds. The Hall–Kier alpha value is -1.43. The summed E-state index contributed by atoms with van der Waals surface area (Å²) < 4.78 is 24.6. The van der Waals surface area contributed by atoms with Crippen LogP contribution in [0.5, 0.6) is 0 Å². The smallest absolute Gasteiger partial charge is 0.282 e. The molecule has 0 unspecified atom stereocenters. The number of rotatable bonds is 2. The number of nitrogens with zero attached hydrogens (tertiary/aromatic N) is 1. The Morgan fingerprint density at radius 3 is 2.46 bits per heavy atom. The van der Waals surface area contributed by atoms with Gasteiger partial charge in [0.1, 0.15) is 11.5 Å². The van der Waals surface area contributed by atoms with E-state index in [-0.39, 0.29) is 18.1 Å². The number of alkyl halides is 2. The van der Waals surface area contributed by atoms with Crippen molar-refractivity contribution in [1.29, 1.82) is 0 Å². The van der Waals surface area contributed by atoms with Crippen molar-refractivity contribution in [3.8, 4) is 0 Å². The second-order valence-corrected chi connectivity index (χ2v) is 2.51. The maximum atomic E-state index is 12.3. The number of aromatic nitrogens is 1. The molecule has 6 heteroatoms. The number of hydrogen-bond donors (Lipinski definition) is 3. The highest BCUT2D eigenvalue weighted by molar-refractivity contribution is 5.55. The van der Waals surface area contributed by atoms with Gasteiger partial charge < -0.3 is 17.2 Å². The molecule has 6 N–H and O–H groups in total. The monoisotopic (exact) mass is 188 g/mol. The van der Waals surface area contributed by atoms with Crippen molar-refractivity contribution in [2.24, 2.45) is 5.73 Å². The summed E-state index contributed by atoms with van der Waals surface area (Å²) in [5, 5.41) is 0. The zero-order valence-corrected chi connectivity index (χ0v) is 6.80. The van der Waals surface area contributed by atoms with Crippen LogP contribution >= 0.6 is 0 Å². The lowest BCUT2D eigenvalue weighted by Gasteiger charge is -2.09. The lowest BCUT2D eigenvalue weighted by atomic mass is 10.1. The van der Waals surface area contributed by atoms with Crippen LogP contribution in [0.2, 0.25) is 0 Å². The highest BCUT2D eigenvalue weighted by Gasteiger charge is 2.16. The van der Waals surface area contributed by atoms with Gasteiger partial charge in [-0.05, 0) is 11.6 Å². The van der Waals surface area contributed by atoms with Crippen LogP contribution in [-0.4, -0.2) is 4.98 Å². The third-order valence-corrected chi connectivity index (χ3v) is 1.62. The first-order chi connectivity index (χ1) is 6.06. The molecular formula is C7H10F2N4. The summed E-state index contributed by atoms with van der Waals surface area (Å²) in [4.78, 5) is 3.43. The summed E-state index contributed by atoms with van der Waals surface area (Å²) in [6.45, 7) is 0.0677. The minimum absolute atomic E-state index is 0.00458. The first kappa shape index (κ1) is 9.66. The van der Waals surface area contributed by atoms with Gasteiger partial charge in [0.05, 0.1) is 5.69 Å². The van der Waals surface area contributed by atoms with E-state index in [0.717, 1.165) is 0 Å². The van der Waals surface area contributed by atoms with Crippen molar-refractivity contribution in [3.05, 3.63) is 17.3 Å². The van der Waals surface area contributed by atoms with Gasteiger partial charge in [0, 0.05) is 6.54 Å². The molecule has 1 rings (SSSR count). The van der Waals surface area contributed by atoms with Crippen LogP contribution in [0.3, 0.4) is 0 Å². The standard InChI is InChI=1S/C7H10F2N4/c8-7(9)6-5(12)3(2-10)1-4(11)13-6/h1,7H,2,10,12H2,(H2,11,13). The molecule has 0 bridgehead atoms. The Bertz CT molecular complexity index is 314. The quantitative estimate of drug-likeness (QED) is 0.635. The summed E-state index contributed by atoms with van der Waals surface area (Å²) in [6.07, 6.45) is -2.73. The molecule has 1 heterocycles. The summed E-state index contributed by atoms with van der Waals surface area (Å²) in [5.41, 5.74) is 15.8. The first-order valence-corrected chi connectivity index (χ1v) is 3.59. The van der Waals surface area contributed by atoms with Gasteiger partial charge in [-0.25, -0.2) is 13.8 Å². The molecule has 13 heavy (non-hydrogen) atoms. The van der Waals surface area contributed by atoms with Gasteiger partial charge in [-0.15, -0.1) is 0 Å². The number of hydrogen-bond acceptors (Lipinski definition) is 4. The van der Waals surface area contributed by atoms with Crippen molar-refractivity contribution in [3.63, 3.8) is 0 Å². The summed E-state index contributed by atoms with van der Waals surface area (Å²) >= 11 is 0. The predicted molar refractivity (Wildman–Crippen MR) is 45.9 cm³/mol. The molecule has 0 fully saturated rings. The van der Waals surface area contributed by atoms with Crippen LogP contribution in [0.1, 0.15) is 17.7 Å². The van der Waals surface area contributed by atoms with Crippen LogP contribution in [0.4, 0.5) is 20.3 Å². The molecule has 0 aliphatic rings. The van der Waals surface area contributed by atoms with Crippen molar-refractivity contribution in [2.75, 3.05) is 11.5 Å². The van der Waals surface area contributed by atoms with Gasteiger partial charge in [-0.3, -0.25) is 0 Å². The van der Waals surface area contributed by atoms with Crippen LogP contribution in [0, 0.1) is 0 Å². The fourth-order valence-corrected chi connectivity index (χ4v) is 0.988. The van der Waals surface area contributed by atoms with E-state index in [9.17, 15) is 8.78 Å². The zero-order valence-electron chi connectivity index (χ0n) is 6.80. The van der Waals surface area contributed by atoms with Gasteiger partial charge in [0.15, 0.2) is 0 Å². The normalized spacial score (nSPS) is 10.8. The molecule has 0 aliphatic carbocycles. The van der Waals surface area contributed by atoms with E-state index in [4.69, 9.17) is 17.2 Å². The molecule has 0 saturated heterocycles. The topological polar surface area (TPSA) is 91.0 Å². The molecule has 0 spiro atoms. The van der Waals surface area contributed by atoms with E-state index >= 15 is 0 Å². The maximum absolute atomic E-state index is 12.3. The number of pyridine rings is 1. The van der Waals surface area contributed by atoms with Gasteiger partial charge in [-0.1, -0.05) is 0 Å². The van der Waals surface area contributed by atoms with Crippen LogP contribution in [0.25, 0.3) is 0 Å². The van der Waals surface area contributed by atoms with Crippen molar-refractivity contribution in [2.45, 2.75) is 13.0 Å². The molecule has 0 radical (unpaired) electrons. The Morgan fingerprint density at radius 1 is 1.38 bits per heavy atom. The molecule has 0 saturated carbocycles. The molecular weight excluding hydrogens is 178 g/mol. The van der Waals surface area contributed by atoms with E-state index in [2.05, 4.69) is 4.98 Å². The number of anilines is 2. The van der Waals surface area contributed by atoms with E-state index in [0.29, 0.717) is 5.56 Å². The predicted octanol–water partition coefficient (Wildman–Crippen LogP) is 0.642. The lowest BCUT2D eigenvalue weighted by Crippen LogP contribution is -2.09. The fraction of sp³-hybridized carbons (Fsp3) is 0.286. The van der Waals surface area contributed by atoms with Gasteiger partial charge in [0.2, 0.25) is 0 Å². The SMILES string of the molecule is NCc1cc(N)nc(C(F)F)c1N. The molecule has 72 valence electrons. The van der Waals surface area contributed by atoms with Crippen molar-refractivity contribution in [1.82, 2.24) is 4.98 Å². The molecule has 0 aliphatic heterocycles. The second kappa shape index (κ2) is 3.53. The van der Waals surface area contributed by atoms with Crippen LogP contribution in [0.15, 0.2) is 6.07 Å². The van der Waals surface area contributed by atoms with E-state index in [1.165, 1.54) is 6.07 Å². The fourth-order valence-electron chi connectivity index (χ4n) is 0.988. The average Bonchev–Trinajstić information content (AvgIpc) is 2.08. The number of nitrogens with two attached hydrogens (primary N) is 3. The Kier molecular flexibility index (Phi) is 2.62. The largest absolute Gasteiger partial charge is 0.397 e. The molecule has 0 aromatic carbocycles. The minimum atomic E-state index is -2.73. The van der Waals surface area contributed by atoms with Gasteiger partial charge in [-0.2, -0.15) is 0 Å². The minimum Gasteiger partial charge on any atom is -0.397 e. The summed E-state index contributed by atoms with van der Waals surface area (Å²) in [6, 6.07) is 1.39. The lowest BCUT2D eigenvalue weighted by molar-refractivity contribution is 0.147. The van der Waals surface area contributed by atoms with Crippen molar-refractivity contribution < 1.29 is 8.78 Å². The Morgan fingerprint density at radius 2 is 2.00 bits per heavy atom. The Labute approximate surface area is 73.7 Å². The van der Waals surface area contributed by atoms with Gasteiger partial charge >= 0.3 is 0 Å². The average molecular weight is 188 g/mol. The van der Waals surface area contributed by atoms with Crippen LogP contribution in [-0.2, 0) is 6.54 Å². The maximum Gasteiger partial charge on any atom is 0.282 e. The molecule has 0 atom stereocenters. The highest BCUT2D eigenvalue weighted by Crippen LogP contribution is 2.26. The number of nitrogen functional groups attached to an aromatic ring is 2. The highest BCUT2D eigenvalue weighted by atomic mass is 19.3. The molecule has 1 aromatic rings. The van der Waals surface area contributed by atoms with E-state index < -0.39 is 12.1 Å². The summed E-state index contributed by atoms with van der Waals surface area (Å²) in [5.74, 6) is 0.00458. The number of halogens is 2. The molecule has 4 nitrogen and oxygen atoms in total. The van der Waals surface area contributed by atoms with Gasteiger partial charge in [0.25, 0.3) is 6.43 Å². The van der Waals surface area contributed by atoms with Crippen molar-refractivity contribution >= 4 is 11.5 Å². The second-order valence-electron chi connectivity index (χ2n) is 2.51. The third kappa shape index (κ3) is 1.83. The Balaban J connectivity index is 3.27. The zero-order chi connectivity index (χ0) is 10.0. The molecule has 1 aromatic heterocycles. The van der Waals surface area contributed by atoms with E-state index in [1.54, 1.807) is 0 Å². The third-order valence-electron chi connectivity index (χ3n) is 1.62.